The van der Waals surface area contributed by atoms with Gasteiger partial charge in [-0.2, -0.15) is 0 Å². The van der Waals surface area contributed by atoms with Crippen molar-refractivity contribution < 1.29 is 23.8 Å². The van der Waals surface area contributed by atoms with Crippen LogP contribution in [0.2, 0.25) is 0 Å². The second-order valence-corrected chi connectivity index (χ2v) is 8.65. The summed E-state index contributed by atoms with van der Waals surface area (Å²) in [6, 6.07) is 1.85. The molecule has 3 rings (SSSR count). The minimum Gasteiger partial charge on any atom is -0.493 e. The molecule has 3 amide bonds. The molecule has 1 aromatic carbocycles. The molecule has 0 aromatic heterocycles. The first-order valence-electron chi connectivity index (χ1n) is 9.84. The highest BCUT2D eigenvalue weighted by Gasteiger charge is 2.45. The van der Waals surface area contributed by atoms with Gasteiger partial charge >= 0.3 is 6.03 Å². The molecule has 160 valence electrons. The highest BCUT2D eigenvalue weighted by atomic mass is 16.5. The predicted molar refractivity (Wildman–Crippen MR) is 109 cm³/mol. The largest absolute Gasteiger partial charge is 0.493 e. The molecule has 0 radical (unpaired) electrons. The molecule has 1 fully saturated rings. The van der Waals surface area contributed by atoms with E-state index in [4.69, 9.17) is 14.2 Å². The number of carbonyl (C=O) groups excluding carboxylic acids is 2. The number of benzene rings is 1. The van der Waals surface area contributed by atoms with Crippen LogP contribution in [0.15, 0.2) is 6.07 Å². The number of urea groups is 1. The number of nitrogens with one attached hydrogen (secondary N) is 2. The van der Waals surface area contributed by atoms with E-state index in [1.54, 1.807) is 26.2 Å². The minimum absolute atomic E-state index is 0.0596. The first-order valence-corrected chi connectivity index (χ1v) is 9.84. The summed E-state index contributed by atoms with van der Waals surface area (Å²) in [5.41, 5.74) is 0.939. The Balaban J connectivity index is 1.95. The van der Waals surface area contributed by atoms with Crippen LogP contribution in [-0.2, 0) is 16.8 Å². The summed E-state index contributed by atoms with van der Waals surface area (Å²) < 4.78 is 16.6. The van der Waals surface area contributed by atoms with Gasteiger partial charge in [0.15, 0.2) is 11.5 Å². The molecule has 2 heterocycles. The normalized spacial score (nSPS) is 18.0. The van der Waals surface area contributed by atoms with Gasteiger partial charge < -0.3 is 29.7 Å². The lowest BCUT2D eigenvalue weighted by molar-refractivity contribution is -0.124. The SMILES string of the molecule is COc1cc2c(c(OC)c1OC)CC(=O)NC21CCN(C(=O)NC(C)(C)C)CC1. The number of nitrogens with zero attached hydrogens (tertiary/aromatic N) is 1. The van der Waals surface area contributed by atoms with Gasteiger partial charge in [-0.05, 0) is 45.2 Å². The summed E-state index contributed by atoms with van der Waals surface area (Å²) in [6.07, 6.45) is 1.44. The Morgan fingerprint density at radius 2 is 1.72 bits per heavy atom. The minimum atomic E-state index is -0.560. The Morgan fingerprint density at radius 3 is 2.24 bits per heavy atom. The average Bonchev–Trinajstić information content (AvgIpc) is 2.65. The van der Waals surface area contributed by atoms with E-state index < -0.39 is 5.54 Å². The molecule has 2 N–H and O–H groups in total. The van der Waals surface area contributed by atoms with Crippen LogP contribution in [0.25, 0.3) is 0 Å². The van der Waals surface area contributed by atoms with Gasteiger partial charge in [0.2, 0.25) is 11.7 Å². The van der Waals surface area contributed by atoms with E-state index in [1.807, 2.05) is 26.8 Å². The van der Waals surface area contributed by atoms with E-state index in [0.29, 0.717) is 43.2 Å². The number of methoxy groups -OCH3 is 3. The fourth-order valence-electron chi connectivity index (χ4n) is 4.24. The number of piperidine rings is 1. The quantitative estimate of drug-likeness (QED) is 0.805. The van der Waals surface area contributed by atoms with Crippen LogP contribution < -0.4 is 24.8 Å². The van der Waals surface area contributed by atoms with Gasteiger partial charge in [0.25, 0.3) is 0 Å². The molecular formula is C21H31N3O5. The molecule has 2 aliphatic rings. The third-order valence-electron chi connectivity index (χ3n) is 5.55. The van der Waals surface area contributed by atoms with Gasteiger partial charge in [-0.15, -0.1) is 0 Å². The summed E-state index contributed by atoms with van der Waals surface area (Å²) >= 11 is 0. The number of amides is 3. The maximum Gasteiger partial charge on any atom is 0.317 e. The Hall–Kier alpha value is -2.64. The first-order chi connectivity index (χ1) is 13.6. The number of likely N-dealkylation sites (tertiary alicyclic amines) is 1. The maximum atomic E-state index is 12.6. The summed E-state index contributed by atoms with van der Waals surface area (Å²) in [7, 11) is 4.70. The summed E-state index contributed by atoms with van der Waals surface area (Å²) in [5, 5.41) is 6.19. The molecule has 0 atom stereocenters. The van der Waals surface area contributed by atoms with Crippen LogP contribution in [0.5, 0.6) is 17.2 Å². The molecule has 0 bridgehead atoms. The number of rotatable bonds is 3. The van der Waals surface area contributed by atoms with Crippen molar-refractivity contribution in [1.82, 2.24) is 15.5 Å². The molecular weight excluding hydrogens is 374 g/mol. The van der Waals surface area contributed by atoms with Crippen LogP contribution in [0.1, 0.15) is 44.7 Å². The van der Waals surface area contributed by atoms with E-state index >= 15 is 0 Å². The Kier molecular flexibility index (Phi) is 5.56. The monoisotopic (exact) mass is 405 g/mol. The Labute approximate surface area is 171 Å². The molecule has 0 unspecified atom stereocenters. The zero-order chi connectivity index (χ0) is 21.4. The zero-order valence-corrected chi connectivity index (χ0v) is 18.1. The first kappa shape index (κ1) is 21.1. The van der Waals surface area contributed by atoms with Crippen molar-refractivity contribution in [3.8, 4) is 17.2 Å². The second-order valence-electron chi connectivity index (χ2n) is 8.65. The fourth-order valence-corrected chi connectivity index (χ4v) is 4.24. The fraction of sp³-hybridized carbons (Fsp3) is 0.619. The van der Waals surface area contributed by atoms with E-state index in [9.17, 15) is 9.59 Å². The maximum absolute atomic E-state index is 12.6. The Morgan fingerprint density at radius 1 is 1.10 bits per heavy atom. The van der Waals surface area contributed by atoms with Crippen LogP contribution in [0.4, 0.5) is 4.79 Å². The number of carbonyl (C=O) groups is 2. The van der Waals surface area contributed by atoms with Gasteiger partial charge in [-0.25, -0.2) is 4.79 Å². The molecule has 2 aliphatic heterocycles. The Bertz CT molecular complexity index is 808. The van der Waals surface area contributed by atoms with Crippen LogP contribution >= 0.6 is 0 Å². The van der Waals surface area contributed by atoms with Gasteiger partial charge in [0, 0.05) is 24.2 Å². The molecule has 29 heavy (non-hydrogen) atoms. The number of hydrogen-bond acceptors (Lipinski definition) is 5. The number of ether oxygens (including phenoxy) is 3. The van der Waals surface area contributed by atoms with E-state index in [-0.39, 0.29) is 23.9 Å². The summed E-state index contributed by atoms with van der Waals surface area (Å²) in [4.78, 5) is 26.9. The predicted octanol–water partition coefficient (Wildman–Crippen LogP) is 2.18. The molecule has 1 aromatic rings. The molecule has 1 saturated heterocycles. The van der Waals surface area contributed by atoms with Gasteiger partial charge in [0.1, 0.15) is 0 Å². The highest BCUT2D eigenvalue weighted by Crippen LogP contribution is 2.48. The van der Waals surface area contributed by atoms with Crippen molar-refractivity contribution in [3.05, 3.63) is 17.2 Å². The highest BCUT2D eigenvalue weighted by molar-refractivity contribution is 5.85. The third-order valence-corrected chi connectivity index (χ3v) is 5.55. The van der Waals surface area contributed by atoms with E-state index in [0.717, 1.165) is 11.1 Å². The molecule has 0 saturated carbocycles. The van der Waals surface area contributed by atoms with Crippen LogP contribution in [0.3, 0.4) is 0 Å². The smallest absolute Gasteiger partial charge is 0.317 e. The van der Waals surface area contributed by atoms with Crippen molar-refractivity contribution in [2.75, 3.05) is 34.4 Å². The van der Waals surface area contributed by atoms with Crippen molar-refractivity contribution in [2.24, 2.45) is 0 Å². The van der Waals surface area contributed by atoms with Crippen LogP contribution in [0, 0.1) is 0 Å². The third kappa shape index (κ3) is 3.93. The lowest BCUT2D eigenvalue weighted by Crippen LogP contribution is -2.59. The summed E-state index contributed by atoms with van der Waals surface area (Å²) in [5.74, 6) is 1.52. The number of hydrogen-bond donors (Lipinski definition) is 2. The number of fused-ring (bicyclic) bond motifs is 2. The van der Waals surface area contributed by atoms with Crippen molar-refractivity contribution in [3.63, 3.8) is 0 Å². The lowest BCUT2D eigenvalue weighted by atomic mass is 9.75. The zero-order valence-electron chi connectivity index (χ0n) is 18.1. The molecule has 1 spiro atoms. The molecule has 0 aliphatic carbocycles. The second kappa shape index (κ2) is 7.65. The van der Waals surface area contributed by atoms with E-state index in [1.165, 1.54) is 0 Å². The van der Waals surface area contributed by atoms with Gasteiger partial charge in [0.05, 0.1) is 33.3 Å². The summed E-state index contributed by atoms with van der Waals surface area (Å²) in [6.45, 7) is 6.95. The molecule has 8 heteroatoms. The van der Waals surface area contributed by atoms with Crippen molar-refractivity contribution >= 4 is 11.9 Å². The van der Waals surface area contributed by atoms with E-state index in [2.05, 4.69) is 10.6 Å². The van der Waals surface area contributed by atoms with Crippen LogP contribution in [-0.4, -0.2) is 56.8 Å². The molecule has 8 nitrogen and oxygen atoms in total. The standard InChI is InChI=1S/C21H31N3O5/c1-20(2,3)23-19(26)24-9-7-21(8-10-24)14-12-15(27-4)18(29-6)17(28-5)13(14)11-16(25)22-21/h12H,7-11H2,1-6H3,(H,22,25)(H,23,26). The van der Waals surface area contributed by atoms with Crippen molar-refractivity contribution in [2.45, 2.75) is 51.1 Å². The average molecular weight is 405 g/mol. The van der Waals surface area contributed by atoms with Crippen molar-refractivity contribution in [1.29, 1.82) is 0 Å². The van der Waals surface area contributed by atoms with Gasteiger partial charge in [-0.3, -0.25) is 4.79 Å². The topological polar surface area (TPSA) is 89.1 Å². The lowest BCUT2D eigenvalue weighted by Gasteiger charge is -2.46. The van der Waals surface area contributed by atoms with Gasteiger partial charge in [-0.1, -0.05) is 0 Å².